The summed E-state index contributed by atoms with van der Waals surface area (Å²) in [6.45, 7) is 16.5. The number of piperidine rings is 1. The van der Waals surface area contributed by atoms with E-state index in [1.807, 2.05) is 6.92 Å². The largest absolute Gasteiger partial charge is 0.349 e. The van der Waals surface area contributed by atoms with Gasteiger partial charge in [-0.2, -0.15) is 0 Å². The summed E-state index contributed by atoms with van der Waals surface area (Å²) in [5.41, 5.74) is 0.182. The van der Waals surface area contributed by atoms with Crippen LogP contribution in [-0.4, -0.2) is 34.5 Å². The monoisotopic (exact) mass is 320 g/mol. The van der Waals surface area contributed by atoms with Crippen LogP contribution in [0.15, 0.2) is 24.3 Å². The molecule has 0 aliphatic carbocycles. The molecule has 4 atom stereocenters. The molecule has 4 unspecified atom stereocenters. The van der Waals surface area contributed by atoms with E-state index < -0.39 is 0 Å². The van der Waals surface area contributed by atoms with Crippen molar-refractivity contribution in [2.75, 3.05) is 6.54 Å². The van der Waals surface area contributed by atoms with Crippen LogP contribution in [0.5, 0.6) is 0 Å². The zero-order valence-corrected chi connectivity index (χ0v) is 16.1. The van der Waals surface area contributed by atoms with Crippen LogP contribution in [0.3, 0.4) is 0 Å². The van der Waals surface area contributed by atoms with E-state index in [0.29, 0.717) is 5.92 Å². The molecule has 0 radical (unpaired) electrons. The highest BCUT2D eigenvalue weighted by Gasteiger charge is 2.52. The van der Waals surface area contributed by atoms with E-state index in [4.69, 9.17) is 0 Å². The van der Waals surface area contributed by atoms with Crippen molar-refractivity contribution in [3.8, 4) is 0 Å². The average molecular weight is 321 g/mol. The lowest BCUT2D eigenvalue weighted by Crippen LogP contribution is -2.70. The molecule has 3 heteroatoms. The van der Waals surface area contributed by atoms with E-state index >= 15 is 0 Å². The summed E-state index contributed by atoms with van der Waals surface area (Å²) >= 11 is 0. The molecule has 0 saturated carbocycles. The molecule has 0 spiro atoms. The van der Waals surface area contributed by atoms with E-state index in [9.17, 15) is 4.79 Å². The van der Waals surface area contributed by atoms with Crippen LogP contribution >= 0.6 is 0 Å². The van der Waals surface area contributed by atoms with Gasteiger partial charge in [-0.15, -0.1) is 0 Å². The number of allylic oxidation sites excluding steroid dienone is 2. The van der Waals surface area contributed by atoms with Gasteiger partial charge in [-0.05, 0) is 59.0 Å². The van der Waals surface area contributed by atoms with Crippen LogP contribution in [0.25, 0.3) is 0 Å². The van der Waals surface area contributed by atoms with Gasteiger partial charge in [0.25, 0.3) is 0 Å². The van der Waals surface area contributed by atoms with E-state index in [1.54, 1.807) is 12.2 Å². The van der Waals surface area contributed by atoms with Gasteiger partial charge in [-0.1, -0.05) is 39.0 Å². The minimum Gasteiger partial charge on any atom is -0.349 e. The highest BCUT2D eigenvalue weighted by molar-refractivity contribution is 5.87. The Morgan fingerprint density at radius 2 is 1.87 bits per heavy atom. The Labute approximate surface area is 143 Å². The molecule has 1 rings (SSSR count). The summed E-state index contributed by atoms with van der Waals surface area (Å²) in [7, 11) is 0. The maximum absolute atomic E-state index is 12.1. The topological polar surface area (TPSA) is 32.3 Å². The van der Waals surface area contributed by atoms with E-state index in [2.05, 4.69) is 63.9 Å². The van der Waals surface area contributed by atoms with Gasteiger partial charge in [0.05, 0.1) is 0 Å². The number of rotatable bonds is 6. The molecule has 0 aromatic rings. The summed E-state index contributed by atoms with van der Waals surface area (Å²) in [4.78, 5) is 14.8. The van der Waals surface area contributed by atoms with Gasteiger partial charge in [-0.3, -0.25) is 9.69 Å². The third-order valence-corrected chi connectivity index (χ3v) is 6.16. The van der Waals surface area contributed by atoms with Gasteiger partial charge in [0, 0.05) is 23.7 Å². The number of hydrogen-bond acceptors (Lipinski definition) is 2. The highest BCUT2D eigenvalue weighted by atomic mass is 16.1. The summed E-state index contributed by atoms with van der Waals surface area (Å²) in [5, 5.41) is 3.25. The zero-order chi connectivity index (χ0) is 17.7. The molecule has 1 aliphatic rings. The van der Waals surface area contributed by atoms with Gasteiger partial charge in [-0.25, -0.2) is 0 Å². The molecule has 1 amide bonds. The van der Waals surface area contributed by atoms with Crippen molar-refractivity contribution in [3.63, 3.8) is 0 Å². The fourth-order valence-corrected chi connectivity index (χ4v) is 4.10. The second-order valence-corrected chi connectivity index (χ2v) is 7.35. The third kappa shape index (κ3) is 4.06. The molecule has 0 aromatic carbocycles. The molecule has 132 valence electrons. The second kappa shape index (κ2) is 8.14. The van der Waals surface area contributed by atoms with Crippen molar-refractivity contribution in [1.82, 2.24) is 10.2 Å². The van der Waals surface area contributed by atoms with Gasteiger partial charge >= 0.3 is 0 Å². The molecule has 1 saturated heterocycles. The first-order valence-corrected chi connectivity index (χ1v) is 9.11. The first-order valence-electron chi connectivity index (χ1n) is 9.11. The molecule has 1 aliphatic heterocycles. The summed E-state index contributed by atoms with van der Waals surface area (Å²) in [5.74, 6) is 0.440. The molecule has 0 bridgehead atoms. The molecule has 1 heterocycles. The van der Waals surface area contributed by atoms with Crippen LogP contribution in [0, 0.1) is 5.92 Å². The number of amides is 1. The van der Waals surface area contributed by atoms with Crippen molar-refractivity contribution in [1.29, 1.82) is 0 Å². The Balaban J connectivity index is 3.17. The Hall–Kier alpha value is -1.09. The van der Waals surface area contributed by atoms with Crippen LogP contribution in [0.1, 0.15) is 67.7 Å². The number of likely N-dealkylation sites (tertiary alicyclic amines) is 1. The Morgan fingerprint density at radius 1 is 1.22 bits per heavy atom. The lowest BCUT2D eigenvalue weighted by molar-refractivity contribution is -0.123. The SMILES string of the molecule is C/C=C/CN1C(C)(CC)CC(NC(=O)/C=C/C)C(C)C1(C)CC. The maximum atomic E-state index is 12.1. The first-order chi connectivity index (χ1) is 10.8. The van der Waals surface area contributed by atoms with Crippen molar-refractivity contribution >= 4 is 5.91 Å². The van der Waals surface area contributed by atoms with Crippen LogP contribution in [-0.2, 0) is 4.79 Å². The number of nitrogens with zero attached hydrogens (tertiary/aromatic N) is 1. The zero-order valence-electron chi connectivity index (χ0n) is 16.1. The second-order valence-electron chi connectivity index (χ2n) is 7.35. The maximum Gasteiger partial charge on any atom is 0.243 e. The smallest absolute Gasteiger partial charge is 0.243 e. The van der Waals surface area contributed by atoms with Gasteiger partial charge in [0.15, 0.2) is 0 Å². The number of carbonyl (C=O) groups is 1. The average Bonchev–Trinajstić information content (AvgIpc) is 2.52. The van der Waals surface area contributed by atoms with E-state index in [0.717, 1.165) is 25.8 Å². The fraction of sp³-hybridized carbons (Fsp3) is 0.750. The molecule has 0 aromatic heterocycles. The Kier molecular flexibility index (Phi) is 7.06. The van der Waals surface area contributed by atoms with Crippen molar-refractivity contribution in [3.05, 3.63) is 24.3 Å². The molecular weight excluding hydrogens is 284 g/mol. The standard InChI is InChI=1S/C20H36N2O/c1-8-12-14-22-19(6,10-3)15-17(21-18(23)13-9-2)16(5)20(22,7)11-4/h8-9,12-13,16-17H,10-11,14-15H2,1-7H3,(H,21,23)/b12-8+,13-9+. The molecule has 1 N–H and O–H groups in total. The number of nitrogens with one attached hydrogen (secondary N) is 1. The minimum atomic E-state index is 0.0307. The number of hydrogen-bond donors (Lipinski definition) is 1. The molecular formula is C20H36N2O. The lowest BCUT2D eigenvalue weighted by atomic mass is 9.67. The quantitative estimate of drug-likeness (QED) is 0.584. The van der Waals surface area contributed by atoms with Crippen LogP contribution in [0.2, 0.25) is 0 Å². The minimum absolute atomic E-state index is 0.0307. The molecule has 1 fully saturated rings. The molecule has 23 heavy (non-hydrogen) atoms. The summed E-state index contributed by atoms with van der Waals surface area (Å²) in [6.07, 6.45) is 11.0. The summed E-state index contributed by atoms with van der Waals surface area (Å²) < 4.78 is 0. The third-order valence-electron chi connectivity index (χ3n) is 6.16. The summed E-state index contributed by atoms with van der Waals surface area (Å²) in [6, 6.07) is 0.218. The van der Waals surface area contributed by atoms with E-state index in [-0.39, 0.29) is 23.0 Å². The van der Waals surface area contributed by atoms with Crippen LogP contribution in [0.4, 0.5) is 0 Å². The lowest BCUT2D eigenvalue weighted by Gasteiger charge is -2.60. The number of carbonyl (C=O) groups excluding carboxylic acids is 1. The van der Waals surface area contributed by atoms with Gasteiger partial charge in [0.2, 0.25) is 5.91 Å². The fourth-order valence-electron chi connectivity index (χ4n) is 4.10. The Morgan fingerprint density at radius 3 is 2.35 bits per heavy atom. The van der Waals surface area contributed by atoms with Crippen molar-refractivity contribution in [2.24, 2.45) is 5.92 Å². The first kappa shape index (κ1) is 20.0. The van der Waals surface area contributed by atoms with Crippen LogP contribution < -0.4 is 5.32 Å². The van der Waals surface area contributed by atoms with Crippen molar-refractivity contribution < 1.29 is 4.79 Å². The van der Waals surface area contributed by atoms with E-state index in [1.165, 1.54) is 0 Å². The predicted octanol–water partition coefficient (Wildman–Crippen LogP) is 4.30. The van der Waals surface area contributed by atoms with Crippen molar-refractivity contribution in [2.45, 2.75) is 84.8 Å². The van der Waals surface area contributed by atoms with Gasteiger partial charge < -0.3 is 5.32 Å². The van der Waals surface area contributed by atoms with Gasteiger partial charge in [0.1, 0.15) is 0 Å². The highest BCUT2D eigenvalue weighted by Crippen LogP contribution is 2.45. The predicted molar refractivity (Wildman–Crippen MR) is 99.4 cm³/mol. The Bertz CT molecular complexity index is 457. The molecule has 3 nitrogen and oxygen atoms in total. The normalized spacial score (nSPS) is 36.0.